The molecule has 0 aromatic heterocycles. The fraction of sp³-hybridized carbons (Fsp3) is 0.310. The van der Waals surface area contributed by atoms with Gasteiger partial charge in [-0.2, -0.15) is 0 Å². The molecule has 188 valence electrons. The Hall–Kier alpha value is -3.84. The molecule has 3 aromatic rings. The topological polar surface area (TPSA) is 85.3 Å². The highest BCUT2D eigenvalue weighted by molar-refractivity contribution is 6.28. The third-order valence-electron chi connectivity index (χ3n) is 6.88. The number of carbonyl (C=O) groups is 2. The molecule has 0 spiro atoms. The molecule has 7 heteroatoms. The Morgan fingerprint density at radius 2 is 1.33 bits per heavy atom. The van der Waals surface area contributed by atoms with E-state index in [9.17, 15) is 14.7 Å². The summed E-state index contributed by atoms with van der Waals surface area (Å²) in [6.07, 6.45) is 1.44. The van der Waals surface area contributed by atoms with Gasteiger partial charge in [-0.1, -0.05) is 54.6 Å². The maximum atomic E-state index is 12.6. The second kappa shape index (κ2) is 11.3. The molecule has 0 aliphatic carbocycles. The molecule has 0 saturated carbocycles. The van der Waals surface area contributed by atoms with Gasteiger partial charge in [0.25, 0.3) is 0 Å². The first-order chi connectivity index (χ1) is 17.5. The lowest BCUT2D eigenvalue weighted by molar-refractivity contribution is -0.177. The van der Waals surface area contributed by atoms with Gasteiger partial charge >= 0.3 is 11.9 Å². The van der Waals surface area contributed by atoms with Crippen LogP contribution in [0.15, 0.2) is 78.9 Å². The molecule has 0 bridgehead atoms. The summed E-state index contributed by atoms with van der Waals surface area (Å²) in [5.41, 5.74) is 1.35. The fourth-order valence-corrected chi connectivity index (χ4v) is 5.05. The summed E-state index contributed by atoms with van der Waals surface area (Å²) in [5, 5.41) is 9.49. The van der Waals surface area contributed by atoms with E-state index >= 15 is 0 Å². The van der Waals surface area contributed by atoms with Crippen LogP contribution in [0, 0.1) is 5.92 Å². The van der Waals surface area contributed by atoms with E-state index in [1.165, 1.54) is 5.56 Å². The average Bonchev–Trinajstić information content (AvgIpc) is 2.93. The number of carboxylic acids is 1. The molecule has 1 heterocycles. The molecular weight excluding hydrogens is 458 g/mol. The number of hydrogen-bond donors (Lipinski definition) is 1. The van der Waals surface area contributed by atoms with E-state index < -0.39 is 17.5 Å². The number of hydrogen-bond acceptors (Lipinski definition) is 6. The first kappa shape index (κ1) is 25.3. The molecule has 4 rings (SSSR count). The lowest BCUT2D eigenvalue weighted by atomic mass is 9.71. The zero-order valence-corrected chi connectivity index (χ0v) is 20.6. The maximum Gasteiger partial charge on any atom is 0.418 e. The summed E-state index contributed by atoms with van der Waals surface area (Å²) >= 11 is 0. The zero-order valence-electron chi connectivity index (χ0n) is 20.6. The van der Waals surface area contributed by atoms with Crippen LogP contribution in [0.5, 0.6) is 11.5 Å². The lowest BCUT2D eigenvalue weighted by Crippen LogP contribution is -2.47. The van der Waals surface area contributed by atoms with Crippen LogP contribution < -0.4 is 9.47 Å². The van der Waals surface area contributed by atoms with Gasteiger partial charge in [-0.15, -0.1) is 0 Å². The number of rotatable bonds is 8. The molecule has 1 aliphatic heterocycles. The first-order valence-corrected chi connectivity index (χ1v) is 12.0. The van der Waals surface area contributed by atoms with E-state index in [0.717, 1.165) is 32.5 Å². The Bertz CT molecular complexity index is 1110. The molecule has 1 saturated heterocycles. The third-order valence-corrected chi connectivity index (χ3v) is 6.88. The Morgan fingerprint density at radius 3 is 1.78 bits per heavy atom. The summed E-state index contributed by atoms with van der Waals surface area (Å²) in [6.45, 7) is 2.41. The minimum atomic E-state index is -1.62. The minimum Gasteiger partial charge on any atom is -0.497 e. The number of carboxylic acid groups (broad SMARTS) is 1. The normalized spacial score (nSPS) is 14.7. The van der Waals surface area contributed by atoms with E-state index in [-0.39, 0.29) is 5.92 Å². The van der Waals surface area contributed by atoms with Crippen LogP contribution >= 0.6 is 0 Å². The van der Waals surface area contributed by atoms with Gasteiger partial charge in [0.1, 0.15) is 11.5 Å². The SMILES string of the molecule is COc1ccc(C(OC(=O)C(=O)O)(c2ccc(OC)cc2)C2CCN(Cc3ccccc3)CC2)cc1. The van der Waals surface area contributed by atoms with E-state index in [1.807, 2.05) is 42.5 Å². The first-order valence-electron chi connectivity index (χ1n) is 12.0. The number of esters is 1. The second-order valence-corrected chi connectivity index (χ2v) is 8.92. The van der Waals surface area contributed by atoms with Crippen molar-refractivity contribution in [2.45, 2.75) is 25.0 Å². The van der Waals surface area contributed by atoms with Crippen LogP contribution in [-0.2, 0) is 26.5 Å². The monoisotopic (exact) mass is 489 g/mol. The van der Waals surface area contributed by atoms with Gasteiger partial charge in [0.05, 0.1) is 14.2 Å². The van der Waals surface area contributed by atoms with Crippen LogP contribution in [0.3, 0.4) is 0 Å². The zero-order chi connectivity index (χ0) is 25.5. The van der Waals surface area contributed by atoms with Gasteiger partial charge in [0.2, 0.25) is 0 Å². The van der Waals surface area contributed by atoms with Crippen LogP contribution in [-0.4, -0.2) is 49.3 Å². The Morgan fingerprint density at radius 1 is 0.833 bits per heavy atom. The van der Waals surface area contributed by atoms with Gasteiger partial charge in [-0.25, -0.2) is 9.59 Å². The predicted octanol–water partition coefficient (Wildman–Crippen LogP) is 4.49. The summed E-state index contributed by atoms with van der Waals surface area (Å²) in [4.78, 5) is 26.6. The molecule has 1 N–H and O–H groups in total. The Balaban J connectivity index is 1.73. The van der Waals surface area contributed by atoms with Gasteiger partial charge < -0.3 is 19.3 Å². The molecule has 36 heavy (non-hydrogen) atoms. The Kier molecular flexibility index (Phi) is 7.90. The highest BCUT2D eigenvalue weighted by atomic mass is 16.6. The van der Waals surface area contributed by atoms with Crippen molar-refractivity contribution in [2.75, 3.05) is 27.3 Å². The standard InChI is InChI=1S/C29H31NO6/c1-34-25-12-8-22(9-13-25)29(36-28(33)27(31)32,23-10-14-26(35-2)15-11-23)24-16-18-30(19-17-24)20-21-6-4-3-5-7-21/h3-15,24H,16-20H2,1-2H3,(H,31,32). The number of piperidine rings is 1. The third kappa shape index (κ3) is 5.36. The van der Waals surface area contributed by atoms with Crippen molar-refractivity contribution < 1.29 is 28.9 Å². The van der Waals surface area contributed by atoms with Gasteiger partial charge in [-0.05, 0) is 55.8 Å². The number of ether oxygens (including phenoxy) is 3. The van der Waals surface area contributed by atoms with E-state index in [1.54, 1.807) is 38.5 Å². The number of carbonyl (C=O) groups excluding carboxylic acids is 1. The number of benzene rings is 3. The van der Waals surface area contributed by atoms with Crippen molar-refractivity contribution in [3.05, 3.63) is 95.6 Å². The molecule has 0 radical (unpaired) electrons. The smallest absolute Gasteiger partial charge is 0.418 e. The van der Waals surface area contributed by atoms with Crippen LogP contribution in [0.25, 0.3) is 0 Å². The van der Waals surface area contributed by atoms with Crippen molar-refractivity contribution in [3.63, 3.8) is 0 Å². The quantitative estimate of drug-likeness (QED) is 0.369. The largest absolute Gasteiger partial charge is 0.497 e. The van der Waals surface area contributed by atoms with Gasteiger partial charge in [0, 0.05) is 23.6 Å². The lowest BCUT2D eigenvalue weighted by Gasteiger charge is -2.44. The van der Waals surface area contributed by atoms with Crippen molar-refractivity contribution in [1.82, 2.24) is 4.90 Å². The molecule has 7 nitrogen and oxygen atoms in total. The van der Waals surface area contributed by atoms with Crippen molar-refractivity contribution in [3.8, 4) is 11.5 Å². The average molecular weight is 490 g/mol. The van der Waals surface area contributed by atoms with E-state index in [4.69, 9.17) is 14.2 Å². The molecule has 0 atom stereocenters. The molecule has 3 aromatic carbocycles. The summed E-state index contributed by atoms with van der Waals surface area (Å²) in [7, 11) is 3.16. The number of likely N-dealkylation sites (tertiary alicyclic amines) is 1. The number of methoxy groups -OCH3 is 2. The molecular formula is C29H31NO6. The summed E-state index contributed by atoms with van der Waals surface area (Å²) < 4.78 is 16.6. The highest BCUT2D eigenvalue weighted by Crippen LogP contribution is 2.46. The van der Waals surface area contributed by atoms with Crippen molar-refractivity contribution in [2.24, 2.45) is 5.92 Å². The van der Waals surface area contributed by atoms with Gasteiger partial charge in [0.15, 0.2) is 5.60 Å². The highest BCUT2D eigenvalue weighted by Gasteiger charge is 2.48. The summed E-state index contributed by atoms with van der Waals surface area (Å²) in [6, 6.07) is 24.9. The van der Waals surface area contributed by atoms with Gasteiger partial charge in [-0.3, -0.25) is 4.90 Å². The minimum absolute atomic E-state index is 0.144. The van der Waals surface area contributed by atoms with Crippen LogP contribution in [0.2, 0.25) is 0 Å². The fourth-order valence-electron chi connectivity index (χ4n) is 5.05. The predicted molar refractivity (Wildman–Crippen MR) is 135 cm³/mol. The van der Waals surface area contributed by atoms with Crippen molar-refractivity contribution in [1.29, 1.82) is 0 Å². The second-order valence-electron chi connectivity index (χ2n) is 8.92. The summed E-state index contributed by atoms with van der Waals surface area (Å²) in [5.74, 6) is -1.74. The van der Waals surface area contributed by atoms with Crippen molar-refractivity contribution >= 4 is 11.9 Å². The number of nitrogens with zero attached hydrogens (tertiary/aromatic N) is 1. The molecule has 0 unspecified atom stereocenters. The maximum absolute atomic E-state index is 12.6. The molecule has 1 fully saturated rings. The molecule has 1 aliphatic rings. The van der Waals surface area contributed by atoms with E-state index in [2.05, 4.69) is 17.0 Å². The molecule has 0 amide bonds. The Labute approximate surface area is 211 Å². The van der Waals surface area contributed by atoms with Crippen LogP contribution in [0.4, 0.5) is 0 Å². The van der Waals surface area contributed by atoms with E-state index in [0.29, 0.717) is 22.6 Å². The van der Waals surface area contributed by atoms with Crippen LogP contribution in [0.1, 0.15) is 29.5 Å². The number of aliphatic carboxylic acids is 1.